The molecule has 6 rings (SSSR count). The van der Waals surface area contributed by atoms with E-state index in [1.165, 1.54) is 18.5 Å². The van der Waals surface area contributed by atoms with Crippen molar-refractivity contribution in [3.8, 4) is 17.0 Å². The van der Waals surface area contributed by atoms with Crippen molar-refractivity contribution in [2.24, 2.45) is 5.92 Å². The molecule has 0 bridgehead atoms. The van der Waals surface area contributed by atoms with Gasteiger partial charge in [-0.3, -0.25) is 4.90 Å². The van der Waals surface area contributed by atoms with Crippen molar-refractivity contribution >= 4 is 0 Å². The molecule has 1 spiro atoms. The summed E-state index contributed by atoms with van der Waals surface area (Å²) in [7, 11) is 0. The lowest BCUT2D eigenvalue weighted by Gasteiger charge is -2.44. The molecule has 144 valence electrons. The molecule has 2 fully saturated rings. The number of fused-ring (bicyclic) bond motifs is 4. The second kappa shape index (κ2) is 6.24. The Bertz CT molecular complexity index is 979. The minimum absolute atomic E-state index is 0.269. The summed E-state index contributed by atoms with van der Waals surface area (Å²) >= 11 is 0. The van der Waals surface area contributed by atoms with Gasteiger partial charge in [-0.15, -0.1) is 0 Å². The average molecular weight is 375 g/mol. The van der Waals surface area contributed by atoms with Crippen LogP contribution in [0.2, 0.25) is 0 Å². The summed E-state index contributed by atoms with van der Waals surface area (Å²) in [4.78, 5) is 7.33. The molecule has 0 radical (unpaired) electrons. The maximum absolute atomic E-state index is 6.76. The van der Waals surface area contributed by atoms with Gasteiger partial charge in [-0.25, -0.2) is 4.98 Å². The molecule has 0 atom stereocenters. The molecular weight excluding hydrogens is 350 g/mol. The van der Waals surface area contributed by atoms with E-state index in [0.717, 1.165) is 67.7 Å². The van der Waals surface area contributed by atoms with E-state index in [1.807, 2.05) is 12.4 Å². The molecule has 0 unspecified atom stereocenters. The van der Waals surface area contributed by atoms with E-state index >= 15 is 0 Å². The van der Waals surface area contributed by atoms with Gasteiger partial charge >= 0.3 is 0 Å². The number of furan rings is 1. The first kappa shape index (κ1) is 16.4. The molecule has 1 aromatic carbocycles. The molecule has 3 aliphatic rings. The number of hydrogen-bond donors (Lipinski definition) is 0. The second-order valence-corrected chi connectivity index (χ2v) is 8.49. The lowest BCUT2D eigenvalue weighted by Crippen LogP contribution is -2.48. The van der Waals surface area contributed by atoms with E-state index in [-0.39, 0.29) is 5.60 Å². The highest BCUT2D eigenvalue weighted by Crippen LogP contribution is 2.49. The van der Waals surface area contributed by atoms with Crippen LogP contribution in [0.1, 0.15) is 37.1 Å². The van der Waals surface area contributed by atoms with E-state index in [2.05, 4.69) is 39.8 Å². The average Bonchev–Trinajstić information content (AvgIpc) is 3.20. The summed E-state index contributed by atoms with van der Waals surface area (Å²) in [6, 6.07) is 12.4. The van der Waals surface area contributed by atoms with Crippen LogP contribution < -0.4 is 4.74 Å². The molecule has 5 heteroatoms. The molecule has 4 heterocycles. The number of nitrogens with zero attached hydrogens (tertiary/aromatic N) is 3. The number of rotatable bonds is 4. The van der Waals surface area contributed by atoms with Crippen molar-refractivity contribution in [1.29, 1.82) is 0 Å². The Morgan fingerprint density at radius 2 is 1.93 bits per heavy atom. The summed E-state index contributed by atoms with van der Waals surface area (Å²) < 4.78 is 14.7. The molecule has 5 nitrogen and oxygen atoms in total. The fourth-order valence-corrected chi connectivity index (χ4v) is 4.82. The third-order valence-corrected chi connectivity index (χ3v) is 6.49. The Morgan fingerprint density at radius 1 is 1.07 bits per heavy atom. The lowest BCUT2D eigenvalue weighted by atomic mass is 9.83. The van der Waals surface area contributed by atoms with Crippen LogP contribution in [0.5, 0.6) is 5.75 Å². The predicted molar refractivity (Wildman–Crippen MR) is 106 cm³/mol. The zero-order valence-electron chi connectivity index (χ0n) is 16.0. The SMILES string of the molecule is c1coc(CN2CCC3(CC2)Oc2ccccc2-c2ncn(CC4CC4)c23)c1. The molecule has 1 saturated heterocycles. The van der Waals surface area contributed by atoms with Gasteiger partial charge in [0.05, 0.1) is 30.5 Å². The first-order valence-corrected chi connectivity index (χ1v) is 10.4. The third-order valence-electron chi connectivity index (χ3n) is 6.49. The van der Waals surface area contributed by atoms with E-state index in [4.69, 9.17) is 14.1 Å². The van der Waals surface area contributed by atoms with Crippen molar-refractivity contribution in [3.63, 3.8) is 0 Å². The van der Waals surface area contributed by atoms with Gasteiger partial charge in [0.2, 0.25) is 0 Å². The first-order valence-electron chi connectivity index (χ1n) is 10.4. The Balaban J connectivity index is 1.34. The largest absolute Gasteiger partial charge is 0.480 e. The molecule has 1 aliphatic carbocycles. The summed E-state index contributed by atoms with van der Waals surface area (Å²) in [6.45, 7) is 3.94. The van der Waals surface area contributed by atoms with Crippen LogP contribution >= 0.6 is 0 Å². The molecule has 3 aromatic rings. The topological polar surface area (TPSA) is 43.4 Å². The summed E-state index contributed by atoms with van der Waals surface area (Å²) in [5, 5.41) is 0. The van der Waals surface area contributed by atoms with Crippen molar-refractivity contribution in [2.75, 3.05) is 13.1 Å². The number of imidazole rings is 1. The number of hydrogen-bond acceptors (Lipinski definition) is 4. The van der Waals surface area contributed by atoms with Crippen LogP contribution in [-0.4, -0.2) is 27.5 Å². The highest BCUT2D eigenvalue weighted by molar-refractivity contribution is 5.72. The zero-order chi connectivity index (χ0) is 18.6. The number of aromatic nitrogens is 2. The van der Waals surface area contributed by atoms with Crippen LogP contribution in [0.25, 0.3) is 11.3 Å². The summed E-state index contributed by atoms with van der Waals surface area (Å²) in [6.07, 6.45) is 8.44. The van der Waals surface area contributed by atoms with E-state index in [9.17, 15) is 0 Å². The van der Waals surface area contributed by atoms with E-state index < -0.39 is 0 Å². The van der Waals surface area contributed by atoms with E-state index in [1.54, 1.807) is 6.26 Å². The van der Waals surface area contributed by atoms with Crippen molar-refractivity contribution in [2.45, 2.75) is 44.4 Å². The van der Waals surface area contributed by atoms with Crippen molar-refractivity contribution < 1.29 is 9.15 Å². The van der Waals surface area contributed by atoms with Gasteiger partial charge < -0.3 is 13.7 Å². The van der Waals surface area contributed by atoms with Gasteiger partial charge in [0, 0.05) is 38.0 Å². The minimum Gasteiger partial charge on any atom is -0.480 e. The van der Waals surface area contributed by atoms with Crippen LogP contribution in [0.15, 0.2) is 53.4 Å². The molecule has 0 amide bonds. The number of likely N-dealkylation sites (tertiary alicyclic amines) is 1. The van der Waals surface area contributed by atoms with Crippen LogP contribution in [0, 0.1) is 5.92 Å². The third kappa shape index (κ3) is 2.68. The molecule has 28 heavy (non-hydrogen) atoms. The Kier molecular flexibility index (Phi) is 3.66. The Hall–Kier alpha value is -2.53. The van der Waals surface area contributed by atoms with Gasteiger partial charge in [-0.05, 0) is 43.0 Å². The monoisotopic (exact) mass is 375 g/mol. The highest BCUT2D eigenvalue weighted by atomic mass is 16.5. The Morgan fingerprint density at radius 3 is 2.71 bits per heavy atom. The van der Waals surface area contributed by atoms with Crippen molar-refractivity contribution in [1.82, 2.24) is 14.5 Å². The molecule has 2 aliphatic heterocycles. The molecular formula is C23H25N3O2. The number of ether oxygens (including phenoxy) is 1. The highest BCUT2D eigenvalue weighted by Gasteiger charge is 2.46. The maximum atomic E-state index is 6.76. The summed E-state index contributed by atoms with van der Waals surface area (Å²) in [5.41, 5.74) is 3.29. The lowest BCUT2D eigenvalue weighted by molar-refractivity contribution is -0.0144. The number of para-hydroxylation sites is 1. The standard InChI is InChI=1S/C23H25N3O2/c1-2-6-20-19(5-1)21-22(26(16-24-21)14-17-7-8-17)23(28-20)9-11-25(12-10-23)15-18-4-3-13-27-18/h1-6,13,16-17H,7-12,14-15H2. The van der Waals surface area contributed by atoms with Crippen LogP contribution in [0.4, 0.5) is 0 Å². The molecule has 0 N–H and O–H groups in total. The van der Waals surface area contributed by atoms with Crippen molar-refractivity contribution in [3.05, 3.63) is 60.4 Å². The molecule has 1 saturated carbocycles. The fraction of sp³-hybridized carbons (Fsp3) is 0.435. The smallest absolute Gasteiger partial charge is 0.153 e. The first-order chi connectivity index (χ1) is 13.8. The van der Waals surface area contributed by atoms with Gasteiger partial charge in [-0.2, -0.15) is 0 Å². The van der Waals surface area contributed by atoms with E-state index in [0.29, 0.717) is 0 Å². The number of benzene rings is 1. The van der Waals surface area contributed by atoms with Gasteiger partial charge in [0.25, 0.3) is 0 Å². The maximum Gasteiger partial charge on any atom is 0.153 e. The number of piperidine rings is 1. The fourth-order valence-electron chi connectivity index (χ4n) is 4.82. The Labute approximate surface area is 164 Å². The van der Waals surface area contributed by atoms with Gasteiger partial charge in [0.1, 0.15) is 11.5 Å². The predicted octanol–water partition coefficient (Wildman–Crippen LogP) is 4.44. The normalized spacial score (nSPS) is 20.6. The summed E-state index contributed by atoms with van der Waals surface area (Å²) in [5.74, 6) is 2.82. The van der Waals surface area contributed by atoms with Gasteiger partial charge in [0.15, 0.2) is 5.60 Å². The quantitative estimate of drug-likeness (QED) is 0.676. The second-order valence-electron chi connectivity index (χ2n) is 8.49. The van der Waals surface area contributed by atoms with Crippen LogP contribution in [0.3, 0.4) is 0 Å². The van der Waals surface area contributed by atoms with Crippen LogP contribution in [-0.2, 0) is 18.7 Å². The van der Waals surface area contributed by atoms with Gasteiger partial charge in [-0.1, -0.05) is 12.1 Å². The minimum atomic E-state index is -0.269. The zero-order valence-corrected chi connectivity index (χ0v) is 16.0. The molecule has 2 aromatic heterocycles.